The van der Waals surface area contributed by atoms with Crippen LogP contribution in [-0.2, 0) is 18.0 Å². The van der Waals surface area contributed by atoms with Crippen LogP contribution in [0.2, 0.25) is 0 Å². The highest BCUT2D eigenvalue weighted by molar-refractivity contribution is 5.73. The number of hydrogen-bond donors (Lipinski definition) is 3. The summed E-state index contributed by atoms with van der Waals surface area (Å²) in [5, 5.41) is 28.5. The molecule has 0 bridgehead atoms. The summed E-state index contributed by atoms with van der Waals surface area (Å²) in [5.41, 5.74) is 1.91. The lowest BCUT2D eigenvalue weighted by Gasteiger charge is -2.20. The van der Waals surface area contributed by atoms with E-state index in [1.54, 1.807) is 12.1 Å². The zero-order valence-corrected chi connectivity index (χ0v) is 15.5. The maximum atomic E-state index is 11.5. The maximum absolute atomic E-state index is 11.5. The summed E-state index contributed by atoms with van der Waals surface area (Å²) >= 11 is 0. The van der Waals surface area contributed by atoms with Gasteiger partial charge in [0.1, 0.15) is 5.75 Å². The molecule has 5 heteroatoms. The first-order valence-corrected chi connectivity index (χ1v) is 9.27. The first kappa shape index (κ1) is 21.5. The first-order chi connectivity index (χ1) is 12.0. The Bertz CT molecular complexity index is 502. The predicted octanol–water partition coefficient (Wildman–Crippen LogP) is 3.95. The average Bonchev–Trinajstić information content (AvgIpc) is 2.60. The smallest absolute Gasteiger partial charge is 0.344 e. The van der Waals surface area contributed by atoms with E-state index in [1.807, 2.05) is 6.92 Å². The predicted molar refractivity (Wildman–Crippen MR) is 97.7 cm³/mol. The van der Waals surface area contributed by atoms with Gasteiger partial charge in [-0.25, -0.2) is 4.79 Å². The number of carbonyl (C=O) groups is 1. The van der Waals surface area contributed by atoms with Crippen LogP contribution >= 0.6 is 0 Å². The molecule has 1 unspecified atom stereocenters. The van der Waals surface area contributed by atoms with Crippen LogP contribution in [-0.4, -0.2) is 27.4 Å². The van der Waals surface area contributed by atoms with Crippen LogP contribution in [0.15, 0.2) is 12.1 Å². The highest BCUT2D eigenvalue weighted by Gasteiger charge is 2.22. The third kappa shape index (κ3) is 7.45. The molecule has 0 aliphatic heterocycles. The van der Waals surface area contributed by atoms with Crippen LogP contribution in [0.3, 0.4) is 0 Å². The minimum absolute atomic E-state index is 0.256. The maximum Gasteiger partial charge on any atom is 0.344 e. The van der Waals surface area contributed by atoms with Crippen molar-refractivity contribution in [3.63, 3.8) is 0 Å². The molecule has 0 aliphatic carbocycles. The van der Waals surface area contributed by atoms with Gasteiger partial charge >= 0.3 is 5.97 Å². The first-order valence-electron chi connectivity index (χ1n) is 9.27. The summed E-state index contributed by atoms with van der Waals surface area (Å²) in [6, 6.07) is 3.50. The molecular formula is C20H32O5. The molecule has 0 fully saturated rings. The summed E-state index contributed by atoms with van der Waals surface area (Å²) in [5.74, 6) is -0.717. The molecule has 1 rings (SSSR count). The van der Waals surface area contributed by atoms with Crippen molar-refractivity contribution in [2.75, 3.05) is 0 Å². The molecule has 3 N–H and O–H groups in total. The van der Waals surface area contributed by atoms with Crippen LogP contribution in [0.1, 0.15) is 75.0 Å². The molecule has 0 aromatic heterocycles. The van der Waals surface area contributed by atoms with E-state index in [2.05, 4.69) is 6.92 Å². The van der Waals surface area contributed by atoms with Crippen molar-refractivity contribution in [1.29, 1.82) is 0 Å². The Morgan fingerprint density at radius 2 is 1.52 bits per heavy atom. The molecule has 0 heterocycles. The molecule has 1 aromatic rings. The fourth-order valence-corrected chi connectivity index (χ4v) is 2.98. The van der Waals surface area contributed by atoms with Crippen molar-refractivity contribution in [3.8, 4) is 5.75 Å². The number of rotatable bonds is 13. The number of aliphatic hydroxyl groups excluding tert-OH is 2. The minimum atomic E-state index is -1.01. The van der Waals surface area contributed by atoms with Gasteiger partial charge in [-0.3, -0.25) is 0 Å². The topological polar surface area (TPSA) is 87.0 Å². The number of aliphatic hydroxyl groups is 2. The number of aryl methyl sites for hydroxylation is 1. The quantitative estimate of drug-likeness (QED) is 0.468. The monoisotopic (exact) mass is 352 g/mol. The molecule has 1 atom stereocenters. The second-order valence-electron chi connectivity index (χ2n) is 6.58. The Morgan fingerprint density at radius 1 is 1.00 bits per heavy atom. The zero-order chi connectivity index (χ0) is 18.7. The molecule has 1 aromatic carbocycles. The highest BCUT2D eigenvalue weighted by atomic mass is 16.5. The van der Waals surface area contributed by atoms with Crippen molar-refractivity contribution in [2.45, 2.75) is 84.5 Å². The summed E-state index contributed by atoms with van der Waals surface area (Å²) in [6.45, 7) is 3.53. The number of benzene rings is 1. The fourth-order valence-electron chi connectivity index (χ4n) is 2.98. The van der Waals surface area contributed by atoms with E-state index in [9.17, 15) is 20.1 Å². The second kappa shape index (κ2) is 11.9. The molecule has 0 amide bonds. The van der Waals surface area contributed by atoms with E-state index in [4.69, 9.17) is 4.74 Å². The Morgan fingerprint density at radius 3 is 2.00 bits per heavy atom. The number of carboxylic acid groups (broad SMARTS) is 1. The normalized spacial score (nSPS) is 12.2. The molecule has 142 valence electrons. The van der Waals surface area contributed by atoms with Crippen molar-refractivity contribution in [1.82, 2.24) is 0 Å². The van der Waals surface area contributed by atoms with E-state index in [0.717, 1.165) is 24.8 Å². The van der Waals surface area contributed by atoms with Crippen LogP contribution in [0.5, 0.6) is 5.75 Å². The molecule has 0 saturated heterocycles. The van der Waals surface area contributed by atoms with Crippen LogP contribution in [0.4, 0.5) is 0 Å². The molecule has 0 radical (unpaired) electrons. The third-order valence-electron chi connectivity index (χ3n) is 4.33. The van der Waals surface area contributed by atoms with Gasteiger partial charge in [0, 0.05) is 11.1 Å². The molecule has 25 heavy (non-hydrogen) atoms. The van der Waals surface area contributed by atoms with E-state index in [-0.39, 0.29) is 13.2 Å². The lowest BCUT2D eigenvalue weighted by atomic mass is 10.0. The van der Waals surface area contributed by atoms with E-state index in [0.29, 0.717) is 23.3 Å². The Labute approximate surface area is 150 Å². The fraction of sp³-hybridized carbons (Fsp3) is 0.650. The van der Waals surface area contributed by atoms with Crippen molar-refractivity contribution in [3.05, 3.63) is 28.8 Å². The number of aliphatic carboxylic acids is 1. The second-order valence-corrected chi connectivity index (χ2v) is 6.58. The Balaban J connectivity index is 2.65. The van der Waals surface area contributed by atoms with Gasteiger partial charge in [-0.15, -0.1) is 0 Å². The van der Waals surface area contributed by atoms with Crippen LogP contribution in [0, 0.1) is 6.92 Å². The van der Waals surface area contributed by atoms with Gasteiger partial charge in [0.15, 0.2) is 6.10 Å². The third-order valence-corrected chi connectivity index (χ3v) is 4.33. The zero-order valence-electron chi connectivity index (χ0n) is 15.5. The molecule has 0 spiro atoms. The molecule has 0 aliphatic rings. The van der Waals surface area contributed by atoms with E-state index < -0.39 is 12.1 Å². The lowest BCUT2D eigenvalue weighted by molar-refractivity contribution is -0.145. The number of unbranched alkanes of at least 4 members (excludes halogenated alkanes) is 6. The summed E-state index contributed by atoms with van der Waals surface area (Å²) in [7, 11) is 0. The van der Waals surface area contributed by atoms with E-state index >= 15 is 0 Å². The molecule has 5 nitrogen and oxygen atoms in total. The summed E-state index contributed by atoms with van der Waals surface area (Å²) in [4.78, 5) is 11.5. The highest BCUT2D eigenvalue weighted by Crippen LogP contribution is 2.28. The number of hydrogen-bond acceptors (Lipinski definition) is 4. The average molecular weight is 352 g/mol. The Hall–Kier alpha value is -1.59. The van der Waals surface area contributed by atoms with Gasteiger partial charge in [0.25, 0.3) is 0 Å². The van der Waals surface area contributed by atoms with Crippen molar-refractivity contribution >= 4 is 5.97 Å². The van der Waals surface area contributed by atoms with Gasteiger partial charge in [-0.05, 0) is 19.8 Å². The largest absolute Gasteiger partial charge is 0.479 e. The summed E-state index contributed by atoms with van der Waals surface area (Å²) in [6.07, 6.45) is 7.24. The molecule has 0 saturated carbocycles. The van der Waals surface area contributed by atoms with Gasteiger partial charge in [0.2, 0.25) is 0 Å². The van der Waals surface area contributed by atoms with Gasteiger partial charge in [0.05, 0.1) is 13.2 Å². The molecular weight excluding hydrogens is 320 g/mol. The number of ether oxygens (including phenoxy) is 1. The van der Waals surface area contributed by atoms with Crippen LogP contribution < -0.4 is 4.74 Å². The van der Waals surface area contributed by atoms with Gasteiger partial charge in [-0.1, -0.05) is 63.1 Å². The van der Waals surface area contributed by atoms with Gasteiger partial charge < -0.3 is 20.1 Å². The van der Waals surface area contributed by atoms with E-state index in [1.165, 1.54) is 25.7 Å². The minimum Gasteiger partial charge on any atom is -0.479 e. The van der Waals surface area contributed by atoms with Crippen LogP contribution in [0.25, 0.3) is 0 Å². The van der Waals surface area contributed by atoms with Crippen molar-refractivity contribution in [2.24, 2.45) is 0 Å². The van der Waals surface area contributed by atoms with Gasteiger partial charge in [-0.2, -0.15) is 0 Å². The SMILES string of the molecule is CCCCCCCCCC(Oc1c(CO)cc(C)cc1CO)C(=O)O. The van der Waals surface area contributed by atoms with Crippen molar-refractivity contribution < 1.29 is 24.9 Å². The number of carboxylic acids is 1. The Kier molecular flexibility index (Phi) is 10.2. The standard InChI is InChI=1S/C20H32O5/c1-3-4-5-6-7-8-9-10-18(20(23)24)25-19-16(13-21)11-15(2)12-17(19)14-22/h11-12,18,21-22H,3-10,13-14H2,1-2H3,(H,23,24). The lowest BCUT2D eigenvalue weighted by Crippen LogP contribution is -2.28. The summed E-state index contributed by atoms with van der Waals surface area (Å²) < 4.78 is 5.70.